The molecular formula is C62H98F4N6O7S. The highest BCUT2D eigenvalue weighted by atomic mass is 32.1. The predicted molar refractivity (Wildman–Crippen MR) is 323 cm³/mol. The van der Waals surface area contributed by atoms with Gasteiger partial charge in [0, 0.05) is 55.1 Å². The predicted octanol–water partition coefficient (Wildman–Crippen LogP) is 13.7. The number of nitrogens with zero attached hydrogens (tertiary/aromatic N) is 3. The molecule has 13 nitrogen and oxygen atoms in total. The van der Waals surface area contributed by atoms with Crippen molar-refractivity contribution < 1.29 is 51.3 Å². The minimum Gasteiger partial charge on any atom is -0.491 e. The van der Waals surface area contributed by atoms with Crippen molar-refractivity contribution in [3.8, 4) is 24.7 Å². The average molecular weight is 1150 g/mol. The van der Waals surface area contributed by atoms with E-state index in [0.29, 0.717) is 45.0 Å². The lowest BCUT2D eigenvalue weighted by atomic mass is 9.86. The number of hydrogen-bond donors (Lipinski definition) is 4. The minimum atomic E-state index is -4.80. The summed E-state index contributed by atoms with van der Waals surface area (Å²) in [5.41, 5.74) is 6.82. The van der Waals surface area contributed by atoms with Gasteiger partial charge in [-0.05, 0) is 126 Å². The van der Waals surface area contributed by atoms with Crippen LogP contribution in [0.25, 0.3) is 5.57 Å². The van der Waals surface area contributed by atoms with E-state index in [-0.39, 0.29) is 48.6 Å². The zero-order chi connectivity index (χ0) is 62.2. The Morgan fingerprint density at radius 3 is 1.96 bits per heavy atom. The molecule has 18 heteroatoms. The van der Waals surface area contributed by atoms with E-state index in [1.54, 1.807) is 0 Å². The van der Waals surface area contributed by atoms with Crippen molar-refractivity contribution in [2.45, 2.75) is 199 Å². The van der Waals surface area contributed by atoms with E-state index in [2.05, 4.69) is 63.3 Å². The number of carbonyl (C=O) groups excluding carboxylic acids is 3. The molecule has 1 aliphatic rings. The van der Waals surface area contributed by atoms with Crippen molar-refractivity contribution in [1.29, 1.82) is 5.26 Å². The maximum atomic E-state index is 15.3. The van der Waals surface area contributed by atoms with Gasteiger partial charge in [-0.25, -0.2) is 4.39 Å². The first-order chi connectivity index (χ1) is 37.8. The molecule has 0 aromatic heterocycles. The first kappa shape index (κ1) is 78.4. The standard InChI is InChI=1S/C49H66F4N6O7S.C4H10.C3H8.2C2H6.C2H2/c1-9-37(28-36(22-23-54)49(51,52)53)58-45(63)48(7,8)59(46(58)67)38-20-21-41(40(50)29-38)66-27-11-10-24-64-25-13-26-65-31-42(61)57-43(47(4,5)6)44(62)56-30-39(60)15-12-14-34-16-18-35(19-17-34)32(2)33(3)55;1-3-4-2;1-3-2;3*1-2/h9,16-21,28-29,39,43,60H,10-15,22,24-27,30-31,55H2,1-8H3,(H,56,62)(H,57,61);3-4H2,1-2H3;3H2,1-2H3;2*1-2H3;1-2H/b33-32+,36-28+,37-9+;;;;;. The smallest absolute Gasteiger partial charge is 0.413 e. The number of nitrogens with two attached hydrogens (primary N) is 1. The van der Waals surface area contributed by atoms with Crippen molar-refractivity contribution in [2.24, 2.45) is 11.1 Å². The number of anilines is 1. The van der Waals surface area contributed by atoms with Gasteiger partial charge < -0.3 is 40.6 Å². The molecule has 2 aromatic rings. The molecule has 0 spiro atoms. The lowest BCUT2D eigenvalue weighted by molar-refractivity contribution is -0.134. The van der Waals surface area contributed by atoms with E-state index in [1.807, 2.05) is 74.4 Å². The van der Waals surface area contributed by atoms with Gasteiger partial charge in [0.05, 0.1) is 25.2 Å². The minimum absolute atomic E-state index is 0.0413. The maximum Gasteiger partial charge on any atom is 0.413 e. The Labute approximate surface area is 484 Å². The summed E-state index contributed by atoms with van der Waals surface area (Å²) in [5, 5.41) is 24.8. The zero-order valence-corrected chi connectivity index (χ0v) is 51.9. The Morgan fingerprint density at radius 1 is 0.912 bits per heavy atom. The third kappa shape index (κ3) is 29.1. The number of hydrogen-bond acceptors (Lipinski definition) is 10. The highest BCUT2D eigenvalue weighted by Crippen LogP contribution is 2.38. The van der Waals surface area contributed by atoms with Gasteiger partial charge in [-0.2, -0.15) is 18.4 Å². The van der Waals surface area contributed by atoms with Crippen molar-refractivity contribution in [2.75, 3.05) is 44.5 Å². The molecule has 80 heavy (non-hydrogen) atoms. The quantitative estimate of drug-likeness (QED) is 0.0232. The van der Waals surface area contributed by atoms with Crippen molar-refractivity contribution in [3.63, 3.8) is 0 Å². The van der Waals surface area contributed by atoms with Crippen LogP contribution in [0.2, 0.25) is 0 Å². The van der Waals surface area contributed by atoms with Gasteiger partial charge in [0.1, 0.15) is 18.2 Å². The molecule has 0 radical (unpaired) electrons. The largest absolute Gasteiger partial charge is 0.491 e. The molecule has 1 saturated heterocycles. The number of allylic oxidation sites excluding steroid dienone is 5. The second-order valence-electron chi connectivity index (χ2n) is 19.6. The molecule has 452 valence electrons. The monoisotopic (exact) mass is 1150 g/mol. The number of carbonyl (C=O) groups is 3. The van der Waals surface area contributed by atoms with Crippen LogP contribution >= 0.6 is 12.2 Å². The highest BCUT2D eigenvalue weighted by molar-refractivity contribution is 7.80. The summed E-state index contributed by atoms with van der Waals surface area (Å²) in [6, 6.07) is 12.8. The number of alkyl halides is 3. The average Bonchev–Trinajstić information content (AvgIpc) is 3.60. The molecule has 1 fully saturated rings. The van der Waals surface area contributed by atoms with E-state index in [9.17, 15) is 32.7 Å². The molecule has 3 amide bonds. The van der Waals surface area contributed by atoms with Crippen LogP contribution in [-0.4, -0.2) is 96.3 Å². The number of unbranched alkanes of at least 4 members (excludes halogenated alkanes) is 2. The lowest BCUT2D eigenvalue weighted by Crippen LogP contribution is -2.55. The lowest BCUT2D eigenvalue weighted by Gasteiger charge is -2.30. The second-order valence-corrected chi connectivity index (χ2v) is 20.0. The maximum absolute atomic E-state index is 15.3. The number of thiocarbonyl (C=S) groups is 1. The fourth-order valence-electron chi connectivity index (χ4n) is 6.99. The molecule has 2 atom stereocenters. The number of benzene rings is 2. The van der Waals surface area contributed by atoms with Gasteiger partial charge in [-0.1, -0.05) is 126 Å². The van der Waals surface area contributed by atoms with Crippen LogP contribution in [0, 0.1) is 35.4 Å². The first-order valence-electron chi connectivity index (χ1n) is 27.9. The summed E-state index contributed by atoms with van der Waals surface area (Å²) >= 11 is 5.54. The highest BCUT2D eigenvalue weighted by Gasteiger charge is 2.51. The van der Waals surface area contributed by atoms with Crippen LogP contribution in [0.4, 0.5) is 23.2 Å². The van der Waals surface area contributed by atoms with Gasteiger partial charge in [-0.15, -0.1) is 12.8 Å². The van der Waals surface area contributed by atoms with Crippen molar-refractivity contribution in [1.82, 2.24) is 15.5 Å². The van der Waals surface area contributed by atoms with E-state index in [4.69, 9.17) is 37.4 Å². The number of halogens is 4. The van der Waals surface area contributed by atoms with Crippen molar-refractivity contribution in [3.05, 3.63) is 88.5 Å². The number of amides is 3. The summed E-state index contributed by atoms with van der Waals surface area (Å²) in [6.07, 6.45) is 11.1. The number of rotatable bonds is 26. The Hall–Kier alpha value is -5.79. The topological polar surface area (TPSA) is 179 Å². The Kier molecular flexibility index (Phi) is 42.2. The molecule has 0 bridgehead atoms. The SMILES string of the molecule is C#C.C/C=C(\C=C(/CC#N)C(F)(F)F)N1C(=O)C(C)(C)N(c2ccc(OCCCCOCCCOCC(=O)NC(C(=O)NCC(O)CCCc3ccc(/C(C)=C(\C)N)cc3)C(C)(C)C)c(F)c2)C1=S.CC.CC.CCC.CCCC. The molecule has 2 aromatic carbocycles. The normalized spacial score (nSPS) is 14.0. The summed E-state index contributed by atoms with van der Waals surface area (Å²) in [4.78, 5) is 41.6. The van der Waals surface area contributed by atoms with Gasteiger partial charge in [0.25, 0.3) is 5.91 Å². The van der Waals surface area contributed by atoms with Crippen LogP contribution in [0.3, 0.4) is 0 Å². The van der Waals surface area contributed by atoms with Crippen LogP contribution in [0.5, 0.6) is 5.75 Å². The van der Waals surface area contributed by atoms with Crippen LogP contribution in [-0.2, 0) is 30.3 Å². The van der Waals surface area contributed by atoms with Crippen LogP contribution in [0.1, 0.15) is 180 Å². The van der Waals surface area contributed by atoms with E-state index in [1.165, 1.54) is 69.2 Å². The summed E-state index contributed by atoms with van der Waals surface area (Å²) in [7, 11) is 0. The fourth-order valence-corrected chi connectivity index (χ4v) is 7.51. The molecule has 0 aliphatic carbocycles. The third-order valence-electron chi connectivity index (χ3n) is 11.5. The van der Waals surface area contributed by atoms with Gasteiger partial charge >= 0.3 is 6.18 Å². The number of aliphatic hydroxyl groups excluding tert-OH is 1. The fraction of sp³-hybridized carbons (Fsp3) is 0.597. The Morgan fingerprint density at radius 2 is 1.46 bits per heavy atom. The van der Waals surface area contributed by atoms with Crippen LogP contribution < -0.4 is 26.0 Å². The Bertz CT molecular complexity index is 2260. The number of aliphatic hydroxyl groups is 1. The molecular weight excluding hydrogens is 1050 g/mol. The number of nitriles is 1. The summed E-state index contributed by atoms with van der Waals surface area (Å²) in [5.74, 6) is -2.24. The number of aryl methyl sites for hydroxylation is 1. The van der Waals surface area contributed by atoms with Crippen LogP contribution in [0.15, 0.2) is 71.6 Å². The molecule has 1 aliphatic heterocycles. The Balaban J connectivity index is -0.00000417. The molecule has 5 N–H and O–H groups in total. The number of terminal acetylenes is 1. The van der Waals surface area contributed by atoms with Gasteiger partial charge in [0.15, 0.2) is 16.7 Å². The van der Waals surface area contributed by atoms with Crippen molar-refractivity contribution >= 4 is 46.3 Å². The summed E-state index contributed by atoms with van der Waals surface area (Å²) < 4.78 is 72.8. The second kappa shape index (κ2) is 43.0. The molecule has 0 saturated carbocycles. The van der Waals surface area contributed by atoms with Gasteiger partial charge in [-0.3, -0.25) is 19.3 Å². The molecule has 3 rings (SSSR count). The molecule has 1 heterocycles. The van der Waals surface area contributed by atoms with Gasteiger partial charge in [0.2, 0.25) is 11.8 Å². The first-order valence-corrected chi connectivity index (χ1v) is 28.4. The van der Waals surface area contributed by atoms with E-state index in [0.717, 1.165) is 46.2 Å². The summed E-state index contributed by atoms with van der Waals surface area (Å²) in [6.45, 7) is 31.5. The zero-order valence-electron chi connectivity index (χ0n) is 51.1. The number of ether oxygens (including phenoxy) is 3. The molecule has 2 unspecified atom stereocenters. The number of nitrogens with one attached hydrogen (secondary N) is 2. The third-order valence-corrected chi connectivity index (χ3v) is 11.9. The van der Waals surface area contributed by atoms with E-state index >= 15 is 4.39 Å². The van der Waals surface area contributed by atoms with E-state index < -0.39 is 64.8 Å².